The third-order valence-corrected chi connectivity index (χ3v) is 3.89. The van der Waals surface area contributed by atoms with E-state index in [-0.39, 0.29) is 24.2 Å². The maximum Gasteiger partial charge on any atom is 0.227 e. The van der Waals surface area contributed by atoms with Gasteiger partial charge in [-0.05, 0) is 31.5 Å². The van der Waals surface area contributed by atoms with Crippen molar-refractivity contribution in [2.75, 3.05) is 24.5 Å². The quantitative estimate of drug-likeness (QED) is 0.783. The number of amides is 2. The standard InChI is InChI=1S/C15H20ClN3O2/c16-12-5-1-2-6-13(12)19-10-11(9-14(19)20)15(21)18-8-4-3-7-17/h1-2,5-6,11H,3-4,7-10,17H2,(H,18,21). The van der Waals surface area contributed by atoms with Gasteiger partial charge in [-0.2, -0.15) is 0 Å². The number of nitrogens with one attached hydrogen (secondary N) is 1. The van der Waals surface area contributed by atoms with Crippen LogP contribution in [0.3, 0.4) is 0 Å². The van der Waals surface area contributed by atoms with Gasteiger partial charge in [0.25, 0.3) is 0 Å². The van der Waals surface area contributed by atoms with Crippen LogP contribution < -0.4 is 16.0 Å². The van der Waals surface area contributed by atoms with E-state index in [1.165, 1.54) is 0 Å². The van der Waals surface area contributed by atoms with Gasteiger partial charge in [0.05, 0.1) is 16.6 Å². The highest BCUT2D eigenvalue weighted by Gasteiger charge is 2.35. The van der Waals surface area contributed by atoms with E-state index in [1.54, 1.807) is 17.0 Å². The Morgan fingerprint density at radius 2 is 2.14 bits per heavy atom. The van der Waals surface area contributed by atoms with E-state index in [1.807, 2.05) is 12.1 Å². The molecular weight excluding hydrogens is 290 g/mol. The number of nitrogens with two attached hydrogens (primary N) is 1. The maximum atomic E-state index is 12.1. The number of rotatable bonds is 6. The van der Waals surface area contributed by atoms with E-state index < -0.39 is 0 Å². The summed E-state index contributed by atoms with van der Waals surface area (Å²) in [6.45, 7) is 1.61. The zero-order valence-corrected chi connectivity index (χ0v) is 12.6. The summed E-state index contributed by atoms with van der Waals surface area (Å²) >= 11 is 6.11. The molecule has 5 nitrogen and oxygen atoms in total. The molecule has 0 spiro atoms. The lowest BCUT2D eigenvalue weighted by Crippen LogP contribution is -2.33. The monoisotopic (exact) mass is 309 g/mol. The molecule has 1 aromatic rings. The first-order valence-electron chi connectivity index (χ1n) is 7.16. The van der Waals surface area contributed by atoms with Crippen molar-refractivity contribution in [3.63, 3.8) is 0 Å². The summed E-state index contributed by atoms with van der Waals surface area (Å²) in [5, 5.41) is 3.38. The number of carbonyl (C=O) groups is 2. The van der Waals surface area contributed by atoms with Crippen LogP contribution in [-0.2, 0) is 9.59 Å². The Hall–Kier alpha value is -1.59. The van der Waals surface area contributed by atoms with Gasteiger partial charge in [-0.1, -0.05) is 23.7 Å². The topological polar surface area (TPSA) is 75.4 Å². The second-order valence-electron chi connectivity index (χ2n) is 5.14. The second kappa shape index (κ2) is 7.43. The summed E-state index contributed by atoms with van der Waals surface area (Å²) in [7, 11) is 0. The highest BCUT2D eigenvalue weighted by Crippen LogP contribution is 2.30. The number of para-hydroxylation sites is 1. The fourth-order valence-corrected chi connectivity index (χ4v) is 2.65. The molecule has 1 atom stereocenters. The number of carbonyl (C=O) groups excluding carboxylic acids is 2. The normalized spacial score (nSPS) is 18.1. The highest BCUT2D eigenvalue weighted by molar-refractivity contribution is 6.33. The summed E-state index contributed by atoms with van der Waals surface area (Å²) in [4.78, 5) is 25.7. The number of halogens is 1. The van der Waals surface area contributed by atoms with Crippen molar-refractivity contribution in [1.29, 1.82) is 0 Å². The van der Waals surface area contributed by atoms with E-state index in [0.29, 0.717) is 30.3 Å². The van der Waals surface area contributed by atoms with E-state index >= 15 is 0 Å². The molecule has 21 heavy (non-hydrogen) atoms. The van der Waals surface area contributed by atoms with Gasteiger partial charge in [-0.3, -0.25) is 9.59 Å². The Bertz CT molecular complexity index is 521. The van der Waals surface area contributed by atoms with E-state index in [0.717, 1.165) is 12.8 Å². The number of benzene rings is 1. The predicted octanol–water partition coefficient (Wildman–Crippen LogP) is 1.55. The van der Waals surface area contributed by atoms with Crippen LogP contribution in [-0.4, -0.2) is 31.4 Å². The summed E-state index contributed by atoms with van der Waals surface area (Å²) in [6.07, 6.45) is 1.97. The molecule has 0 radical (unpaired) electrons. The lowest BCUT2D eigenvalue weighted by molar-refractivity contribution is -0.126. The molecule has 0 bridgehead atoms. The van der Waals surface area contributed by atoms with Gasteiger partial charge in [0, 0.05) is 19.5 Å². The number of anilines is 1. The molecule has 0 aliphatic carbocycles. The van der Waals surface area contributed by atoms with Crippen molar-refractivity contribution in [1.82, 2.24) is 5.32 Å². The third kappa shape index (κ3) is 3.95. The van der Waals surface area contributed by atoms with Crippen molar-refractivity contribution in [2.45, 2.75) is 19.3 Å². The predicted molar refractivity (Wildman–Crippen MR) is 83.2 cm³/mol. The minimum absolute atomic E-state index is 0.0646. The molecule has 1 saturated heterocycles. The lowest BCUT2D eigenvalue weighted by atomic mass is 10.1. The summed E-state index contributed by atoms with van der Waals surface area (Å²) in [5.74, 6) is -0.452. The second-order valence-corrected chi connectivity index (χ2v) is 5.55. The molecule has 6 heteroatoms. The zero-order valence-electron chi connectivity index (χ0n) is 11.8. The van der Waals surface area contributed by atoms with Crippen LogP contribution in [0, 0.1) is 5.92 Å². The molecule has 2 amide bonds. The number of unbranched alkanes of at least 4 members (excludes halogenated alkanes) is 1. The van der Waals surface area contributed by atoms with Crippen LogP contribution in [0.1, 0.15) is 19.3 Å². The Kier molecular flexibility index (Phi) is 5.59. The van der Waals surface area contributed by atoms with Crippen molar-refractivity contribution in [2.24, 2.45) is 11.7 Å². The highest BCUT2D eigenvalue weighted by atomic mass is 35.5. The molecule has 2 rings (SSSR count). The Morgan fingerprint density at radius 3 is 2.86 bits per heavy atom. The first kappa shape index (κ1) is 15.8. The fraction of sp³-hybridized carbons (Fsp3) is 0.467. The van der Waals surface area contributed by atoms with Gasteiger partial charge >= 0.3 is 0 Å². The molecule has 114 valence electrons. The first-order valence-corrected chi connectivity index (χ1v) is 7.54. The van der Waals surface area contributed by atoms with Crippen LogP contribution in [0.2, 0.25) is 5.02 Å². The largest absolute Gasteiger partial charge is 0.356 e. The number of nitrogens with zero attached hydrogens (tertiary/aromatic N) is 1. The molecule has 3 N–H and O–H groups in total. The van der Waals surface area contributed by atoms with Crippen LogP contribution in [0.4, 0.5) is 5.69 Å². The molecule has 1 aromatic carbocycles. The molecule has 1 aliphatic heterocycles. The number of hydrogen-bond donors (Lipinski definition) is 2. The number of hydrogen-bond acceptors (Lipinski definition) is 3. The van der Waals surface area contributed by atoms with Crippen molar-refractivity contribution in [3.8, 4) is 0 Å². The Labute approximate surface area is 129 Å². The minimum atomic E-state index is -0.313. The van der Waals surface area contributed by atoms with Crippen LogP contribution in [0.5, 0.6) is 0 Å². The zero-order chi connectivity index (χ0) is 15.2. The Morgan fingerprint density at radius 1 is 1.38 bits per heavy atom. The molecular formula is C15H20ClN3O2. The molecule has 0 saturated carbocycles. The van der Waals surface area contributed by atoms with Gasteiger partial charge in [-0.15, -0.1) is 0 Å². The smallest absolute Gasteiger partial charge is 0.227 e. The third-order valence-electron chi connectivity index (χ3n) is 3.57. The lowest BCUT2D eigenvalue weighted by Gasteiger charge is -2.18. The van der Waals surface area contributed by atoms with Gasteiger partial charge in [0.1, 0.15) is 0 Å². The first-order chi connectivity index (χ1) is 10.1. The molecule has 1 heterocycles. The molecule has 1 unspecified atom stereocenters. The van der Waals surface area contributed by atoms with Crippen LogP contribution >= 0.6 is 11.6 Å². The van der Waals surface area contributed by atoms with Crippen LogP contribution in [0.15, 0.2) is 24.3 Å². The summed E-state index contributed by atoms with van der Waals surface area (Å²) in [6, 6.07) is 7.18. The van der Waals surface area contributed by atoms with Crippen molar-refractivity contribution in [3.05, 3.63) is 29.3 Å². The molecule has 1 fully saturated rings. The summed E-state index contributed by atoms with van der Waals surface area (Å²) in [5.41, 5.74) is 6.08. The minimum Gasteiger partial charge on any atom is -0.356 e. The van der Waals surface area contributed by atoms with E-state index in [2.05, 4.69) is 5.32 Å². The van der Waals surface area contributed by atoms with Crippen LogP contribution in [0.25, 0.3) is 0 Å². The molecule has 1 aliphatic rings. The SMILES string of the molecule is NCCCCNC(=O)C1CC(=O)N(c2ccccc2Cl)C1. The fourth-order valence-electron chi connectivity index (χ4n) is 2.41. The maximum absolute atomic E-state index is 12.1. The molecule has 0 aromatic heterocycles. The van der Waals surface area contributed by atoms with E-state index in [9.17, 15) is 9.59 Å². The van der Waals surface area contributed by atoms with Crippen molar-refractivity contribution < 1.29 is 9.59 Å². The van der Waals surface area contributed by atoms with Crippen molar-refractivity contribution >= 4 is 29.1 Å². The van der Waals surface area contributed by atoms with Gasteiger partial charge in [-0.25, -0.2) is 0 Å². The van der Waals surface area contributed by atoms with Gasteiger partial charge in [0.2, 0.25) is 11.8 Å². The average Bonchev–Trinajstić information content (AvgIpc) is 2.86. The average molecular weight is 310 g/mol. The van der Waals surface area contributed by atoms with Gasteiger partial charge in [0.15, 0.2) is 0 Å². The Balaban J connectivity index is 1.93. The van der Waals surface area contributed by atoms with Gasteiger partial charge < -0.3 is 16.0 Å². The summed E-state index contributed by atoms with van der Waals surface area (Å²) < 4.78 is 0. The van der Waals surface area contributed by atoms with E-state index in [4.69, 9.17) is 17.3 Å².